The molecule has 2 aromatic heterocycles. The van der Waals surface area contributed by atoms with E-state index >= 15 is 0 Å². The summed E-state index contributed by atoms with van der Waals surface area (Å²) in [5, 5.41) is 14.5. The van der Waals surface area contributed by atoms with Gasteiger partial charge in [-0.15, -0.1) is 0 Å². The first-order chi connectivity index (χ1) is 9.15. The fourth-order valence-electron chi connectivity index (χ4n) is 1.76. The molecule has 5 heteroatoms. The Labute approximate surface area is 116 Å². The Morgan fingerprint density at radius 3 is 2.74 bits per heavy atom. The van der Waals surface area contributed by atoms with Crippen molar-refractivity contribution in [3.8, 4) is 11.3 Å². The minimum atomic E-state index is 0.212. The molecule has 0 saturated carbocycles. The van der Waals surface area contributed by atoms with E-state index in [4.69, 9.17) is 5.41 Å². The van der Waals surface area contributed by atoms with Gasteiger partial charge in [0.15, 0.2) is 6.29 Å². The van der Waals surface area contributed by atoms with Crippen molar-refractivity contribution < 1.29 is 4.79 Å². The molecule has 2 N–H and O–H groups in total. The first kappa shape index (κ1) is 13.4. The quantitative estimate of drug-likeness (QED) is 0.648. The highest BCUT2D eigenvalue weighted by Gasteiger charge is 2.13. The zero-order chi connectivity index (χ0) is 13.8. The molecule has 0 aliphatic rings. The third-order valence-corrected chi connectivity index (χ3v) is 3.27. The standard InChI is InChI=1S/C14H15N3OS/c1-9(2)16-14-11(6-15)5-12(7-18)13(17-14)10-3-4-19-8-10/h3-9,15H,1-2H3,(H,16,17). The zero-order valence-corrected chi connectivity index (χ0v) is 11.6. The van der Waals surface area contributed by atoms with E-state index in [1.54, 1.807) is 17.4 Å². The topological polar surface area (TPSA) is 65.8 Å². The fourth-order valence-corrected chi connectivity index (χ4v) is 2.41. The summed E-state index contributed by atoms with van der Waals surface area (Å²) in [6, 6.07) is 3.84. The predicted molar refractivity (Wildman–Crippen MR) is 79.6 cm³/mol. The number of rotatable bonds is 5. The monoisotopic (exact) mass is 273 g/mol. The van der Waals surface area contributed by atoms with Crippen LogP contribution in [0.15, 0.2) is 22.9 Å². The van der Waals surface area contributed by atoms with E-state index in [0.29, 0.717) is 22.6 Å². The lowest BCUT2D eigenvalue weighted by Gasteiger charge is -2.14. The molecule has 0 aromatic carbocycles. The number of anilines is 1. The van der Waals surface area contributed by atoms with E-state index in [2.05, 4.69) is 10.3 Å². The van der Waals surface area contributed by atoms with Crippen LogP contribution in [0.3, 0.4) is 0 Å². The van der Waals surface area contributed by atoms with Crippen molar-refractivity contribution in [1.29, 1.82) is 5.41 Å². The van der Waals surface area contributed by atoms with Gasteiger partial charge >= 0.3 is 0 Å². The lowest BCUT2D eigenvalue weighted by molar-refractivity contribution is 0.112. The molecule has 0 unspecified atom stereocenters. The fraction of sp³-hybridized carbons (Fsp3) is 0.214. The van der Waals surface area contributed by atoms with Crippen LogP contribution in [0.2, 0.25) is 0 Å². The molecule has 0 aliphatic carbocycles. The Hall–Kier alpha value is -2.01. The molecule has 98 valence electrons. The molecule has 0 radical (unpaired) electrons. The van der Waals surface area contributed by atoms with Gasteiger partial charge in [-0.05, 0) is 31.4 Å². The van der Waals surface area contributed by atoms with Gasteiger partial charge in [0, 0.05) is 34.3 Å². The van der Waals surface area contributed by atoms with Gasteiger partial charge in [0.2, 0.25) is 0 Å². The molecule has 4 nitrogen and oxygen atoms in total. The van der Waals surface area contributed by atoms with Gasteiger partial charge in [-0.3, -0.25) is 4.79 Å². The van der Waals surface area contributed by atoms with Gasteiger partial charge in [-0.25, -0.2) is 4.98 Å². The highest BCUT2D eigenvalue weighted by molar-refractivity contribution is 7.08. The first-order valence-electron chi connectivity index (χ1n) is 5.95. The number of thiophene rings is 1. The number of nitrogens with one attached hydrogen (secondary N) is 2. The molecule has 0 saturated heterocycles. The van der Waals surface area contributed by atoms with Crippen LogP contribution >= 0.6 is 11.3 Å². The Bertz CT molecular complexity index is 591. The maximum atomic E-state index is 11.2. The van der Waals surface area contributed by atoms with E-state index in [0.717, 1.165) is 11.8 Å². The van der Waals surface area contributed by atoms with Crippen molar-refractivity contribution in [2.24, 2.45) is 0 Å². The smallest absolute Gasteiger partial charge is 0.152 e. The van der Waals surface area contributed by atoms with Gasteiger partial charge in [-0.1, -0.05) is 0 Å². The SMILES string of the molecule is CC(C)Nc1nc(-c2ccsc2)c(C=O)cc1C=N. The molecule has 2 heterocycles. The Balaban J connectivity index is 2.59. The van der Waals surface area contributed by atoms with Crippen LogP contribution in [0, 0.1) is 5.41 Å². The van der Waals surface area contributed by atoms with Crippen molar-refractivity contribution >= 4 is 29.7 Å². The van der Waals surface area contributed by atoms with Gasteiger partial charge < -0.3 is 10.7 Å². The Morgan fingerprint density at radius 1 is 1.42 bits per heavy atom. The average molecular weight is 273 g/mol. The van der Waals surface area contributed by atoms with Gasteiger partial charge in [-0.2, -0.15) is 11.3 Å². The molecule has 19 heavy (non-hydrogen) atoms. The lowest BCUT2D eigenvalue weighted by atomic mass is 10.1. The zero-order valence-electron chi connectivity index (χ0n) is 10.8. The van der Waals surface area contributed by atoms with E-state index in [1.807, 2.05) is 30.7 Å². The number of aldehydes is 1. The van der Waals surface area contributed by atoms with E-state index in [1.165, 1.54) is 6.21 Å². The largest absolute Gasteiger partial charge is 0.367 e. The van der Waals surface area contributed by atoms with Gasteiger partial charge in [0.25, 0.3) is 0 Å². The minimum Gasteiger partial charge on any atom is -0.367 e. The molecular formula is C14H15N3OS. The lowest BCUT2D eigenvalue weighted by Crippen LogP contribution is -2.14. The molecule has 2 aromatic rings. The number of aromatic nitrogens is 1. The van der Waals surface area contributed by atoms with Crippen LogP contribution in [0.25, 0.3) is 11.3 Å². The van der Waals surface area contributed by atoms with E-state index < -0.39 is 0 Å². The summed E-state index contributed by atoms with van der Waals surface area (Å²) in [7, 11) is 0. The summed E-state index contributed by atoms with van der Waals surface area (Å²) in [6.45, 7) is 4.01. The van der Waals surface area contributed by atoms with Crippen LogP contribution in [0.4, 0.5) is 5.82 Å². The Kier molecular flexibility index (Phi) is 4.06. The molecular weight excluding hydrogens is 258 g/mol. The highest BCUT2D eigenvalue weighted by Crippen LogP contribution is 2.26. The van der Waals surface area contributed by atoms with Crippen LogP contribution in [-0.2, 0) is 0 Å². The average Bonchev–Trinajstić information content (AvgIpc) is 2.91. The summed E-state index contributed by atoms with van der Waals surface area (Å²) in [5.74, 6) is 0.636. The maximum Gasteiger partial charge on any atom is 0.152 e. The van der Waals surface area contributed by atoms with Gasteiger partial charge in [0.1, 0.15) is 5.82 Å². The molecule has 0 bridgehead atoms. The second-order valence-corrected chi connectivity index (χ2v) is 5.22. The number of pyridine rings is 1. The second-order valence-electron chi connectivity index (χ2n) is 4.44. The van der Waals surface area contributed by atoms with Crippen molar-refractivity contribution in [3.63, 3.8) is 0 Å². The van der Waals surface area contributed by atoms with Gasteiger partial charge in [0.05, 0.1) is 5.69 Å². The predicted octanol–water partition coefficient (Wildman–Crippen LogP) is 3.44. The molecule has 0 aliphatic heterocycles. The minimum absolute atomic E-state index is 0.212. The molecule has 2 rings (SSSR count). The van der Waals surface area contributed by atoms with Crippen molar-refractivity contribution in [2.45, 2.75) is 19.9 Å². The van der Waals surface area contributed by atoms with E-state index in [-0.39, 0.29) is 6.04 Å². The summed E-state index contributed by atoms with van der Waals surface area (Å²) < 4.78 is 0. The number of carbonyl (C=O) groups is 1. The second kappa shape index (κ2) is 5.75. The van der Waals surface area contributed by atoms with Crippen molar-refractivity contribution in [3.05, 3.63) is 34.0 Å². The van der Waals surface area contributed by atoms with Crippen LogP contribution < -0.4 is 5.32 Å². The summed E-state index contributed by atoms with van der Waals surface area (Å²) in [4.78, 5) is 15.7. The first-order valence-corrected chi connectivity index (χ1v) is 6.89. The van der Waals surface area contributed by atoms with Crippen LogP contribution in [0.1, 0.15) is 29.8 Å². The van der Waals surface area contributed by atoms with Crippen molar-refractivity contribution in [1.82, 2.24) is 4.98 Å². The number of nitrogens with zero attached hydrogens (tertiary/aromatic N) is 1. The number of hydrogen-bond donors (Lipinski definition) is 2. The van der Waals surface area contributed by atoms with E-state index in [9.17, 15) is 4.79 Å². The normalized spacial score (nSPS) is 10.5. The molecule has 0 spiro atoms. The third-order valence-electron chi connectivity index (χ3n) is 2.58. The van der Waals surface area contributed by atoms with Crippen LogP contribution in [-0.4, -0.2) is 23.5 Å². The summed E-state index contributed by atoms with van der Waals surface area (Å²) in [5.41, 5.74) is 2.71. The number of hydrogen-bond acceptors (Lipinski definition) is 5. The molecule has 0 amide bonds. The Morgan fingerprint density at radius 2 is 2.21 bits per heavy atom. The third kappa shape index (κ3) is 2.88. The van der Waals surface area contributed by atoms with Crippen LogP contribution in [0.5, 0.6) is 0 Å². The molecule has 0 atom stereocenters. The van der Waals surface area contributed by atoms with Crippen molar-refractivity contribution in [2.75, 3.05) is 5.32 Å². The summed E-state index contributed by atoms with van der Waals surface area (Å²) >= 11 is 1.56. The highest BCUT2D eigenvalue weighted by atomic mass is 32.1. The summed E-state index contributed by atoms with van der Waals surface area (Å²) in [6.07, 6.45) is 1.99. The molecule has 0 fully saturated rings. The number of carbonyl (C=O) groups excluding carboxylic acids is 1. The maximum absolute atomic E-state index is 11.2.